The molecule has 1 saturated heterocycles. The molecule has 0 N–H and O–H groups in total. The third-order valence-corrected chi connectivity index (χ3v) is 2.87. The molecular formula is C12H20N2. The predicted molar refractivity (Wildman–Crippen MR) is 62.7 cm³/mol. The third-order valence-electron chi connectivity index (χ3n) is 2.87. The molecule has 0 radical (unpaired) electrons. The van der Waals surface area contributed by atoms with E-state index in [2.05, 4.69) is 30.1 Å². The number of hydrogen-bond donors (Lipinski definition) is 0. The molecule has 1 unspecified atom stereocenters. The van der Waals surface area contributed by atoms with Crippen LogP contribution in [0.4, 0.5) is 0 Å². The first-order chi connectivity index (χ1) is 6.77. The van der Waals surface area contributed by atoms with E-state index in [1.165, 1.54) is 25.0 Å². The smallest absolute Gasteiger partial charge is 0.0263 e. The topological polar surface area (TPSA) is 15.6 Å². The van der Waals surface area contributed by atoms with Gasteiger partial charge in [0.05, 0.1) is 0 Å². The van der Waals surface area contributed by atoms with Gasteiger partial charge in [-0.05, 0) is 50.2 Å². The van der Waals surface area contributed by atoms with E-state index < -0.39 is 0 Å². The van der Waals surface area contributed by atoms with Gasteiger partial charge in [0.15, 0.2) is 0 Å². The molecule has 0 aromatic carbocycles. The Balaban J connectivity index is 2.46. The van der Waals surface area contributed by atoms with Gasteiger partial charge in [-0.15, -0.1) is 0 Å². The zero-order valence-corrected chi connectivity index (χ0v) is 9.08. The van der Waals surface area contributed by atoms with Gasteiger partial charge in [0.25, 0.3) is 0 Å². The van der Waals surface area contributed by atoms with Crippen LogP contribution < -0.4 is 0 Å². The lowest BCUT2D eigenvalue weighted by molar-refractivity contribution is 0.202. The average molecular weight is 192 g/mol. The number of piperidine rings is 1. The highest BCUT2D eigenvalue weighted by Gasteiger charge is 2.19. The van der Waals surface area contributed by atoms with E-state index in [0.717, 1.165) is 13.1 Å². The molecule has 0 saturated carbocycles. The first-order valence-corrected chi connectivity index (χ1v) is 5.31. The quantitative estimate of drug-likeness (QED) is 0.493. The summed E-state index contributed by atoms with van der Waals surface area (Å²) in [5.41, 5.74) is 1.19. The van der Waals surface area contributed by atoms with Crippen LogP contribution in [0.5, 0.6) is 0 Å². The Bertz CT molecular complexity index is 230. The van der Waals surface area contributed by atoms with E-state index in [1.54, 1.807) is 6.20 Å². The molecule has 0 aliphatic carbocycles. The summed E-state index contributed by atoms with van der Waals surface area (Å²) in [6, 6.07) is 0. The van der Waals surface area contributed by atoms with Crippen molar-refractivity contribution in [3.05, 3.63) is 24.4 Å². The first-order valence-electron chi connectivity index (χ1n) is 5.31. The highest BCUT2D eigenvalue weighted by Crippen LogP contribution is 2.23. The first kappa shape index (κ1) is 11.2. The van der Waals surface area contributed by atoms with Crippen molar-refractivity contribution < 1.29 is 0 Å². The van der Waals surface area contributed by atoms with Crippen molar-refractivity contribution in [2.75, 3.05) is 19.6 Å². The summed E-state index contributed by atoms with van der Waals surface area (Å²) < 4.78 is 0. The minimum Gasteiger partial charge on any atom is -0.303 e. The van der Waals surface area contributed by atoms with E-state index >= 15 is 0 Å². The standard InChI is InChI=1S/C12H20N2/c1-4-14-9-5-6-12(10-14)11(2)7-8-13-3/h7-8,12H,2-6,9-10H2,1H3/b8-7-. The SMILES string of the molecule is C=N/C=C\C(=C)C1CCCN(CC)C1. The van der Waals surface area contributed by atoms with Crippen LogP contribution in [0.1, 0.15) is 19.8 Å². The highest BCUT2D eigenvalue weighted by molar-refractivity contribution is 5.28. The van der Waals surface area contributed by atoms with Gasteiger partial charge in [0.1, 0.15) is 0 Å². The van der Waals surface area contributed by atoms with Gasteiger partial charge in [-0.2, -0.15) is 0 Å². The summed E-state index contributed by atoms with van der Waals surface area (Å²) in [5, 5.41) is 0. The van der Waals surface area contributed by atoms with Crippen molar-refractivity contribution in [1.82, 2.24) is 4.90 Å². The summed E-state index contributed by atoms with van der Waals surface area (Å²) in [6.45, 7) is 13.3. The Morgan fingerprint density at radius 1 is 1.64 bits per heavy atom. The molecule has 2 heteroatoms. The normalized spacial score (nSPS) is 23.9. The predicted octanol–water partition coefficient (Wildman–Crippen LogP) is 2.49. The summed E-state index contributed by atoms with van der Waals surface area (Å²) in [5.74, 6) is 0.613. The zero-order chi connectivity index (χ0) is 10.4. The monoisotopic (exact) mass is 192 g/mol. The van der Waals surface area contributed by atoms with E-state index in [1.807, 2.05) is 6.08 Å². The molecule has 1 heterocycles. The fraction of sp³-hybridized carbons (Fsp3) is 0.583. The third kappa shape index (κ3) is 3.11. The van der Waals surface area contributed by atoms with Gasteiger partial charge in [-0.25, -0.2) is 0 Å². The van der Waals surface area contributed by atoms with Crippen LogP contribution >= 0.6 is 0 Å². The molecule has 0 bridgehead atoms. The fourth-order valence-corrected chi connectivity index (χ4v) is 1.93. The Kier molecular flexibility index (Phi) is 4.60. The number of aliphatic imine (C=N–C) groups is 1. The van der Waals surface area contributed by atoms with Crippen LogP contribution in [0, 0.1) is 5.92 Å². The number of rotatable bonds is 4. The van der Waals surface area contributed by atoms with Crippen LogP contribution in [0.15, 0.2) is 29.4 Å². The van der Waals surface area contributed by atoms with Crippen molar-refractivity contribution in [2.24, 2.45) is 10.9 Å². The molecule has 1 aliphatic rings. The molecule has 78 valence electrons. The molecule has 1 rings (SSSR count). The van der Waals surface area contributed by atoms with Gasteiger partial charge >= 0.3 is 0 Å². The summed E-state index contributed by atoms with van der Waals surface area (Å²) >= 11 is 0. The molecule has 0 aromatic rings. The Morgan fingerprint density at radius 3 is 3.07 bits per heavy atom. The maximum atomic E-state index is 4.08. The molecule has 14 heavy (non-hydrogen) atoms. The van der Waals surface area contributed by atoms with Gasteiger partial charge in [0.2, 0.25) is 0 Å². The van der Waals surface area contributed by atoms with E-state index in [0.29, 0.717) is 5.92 Å². The van der Waals surface area contributed by atoms with Crippen molar-refractivity contribution in [3.63, 3.8) is 0 Å². The van der Waals surface area contributed by atoms with Crippen LogP contribution in [-0.4, -0.2) is 31.3 Å². The van der Waals surface area contributed by atoms with Crippen molar-refractivity contribution in [2.45, 2.75) is 19.8 Å². The van der Waals surface area contributed by atoms with Crippen molar-refractivity contribution >= 4 is 6.72 Å². The Labute approximate surface area is 87.0 Å². The molecule has 0 aromatic heterocycles. The summed E-state index contributed by atoms with van der Waals surface area (Å²) in [6.07, 6.45) is 6.26. The second-order valence-corrected chi connectivity index (χ2v) is 3.81. The lowest BCUT2D eigenvalue weighted by Gasteiger charge is -2.32. The maximum absolute atomic E-state index is 4.08. The van der Waals surface area contributed by atoms with Gasteiger partial charge in [-0.3, -0.25) is 4.99 Å². The summed E-state index contributed by atoms with van der Waals surface area (Å²) in [7, 11) is 0. The summed E-state index contributed by atoms with van der Waals surface area (Å²) in [4.78, 5) is 6.19. The Hall–Kier alpha value is -0.890. The highest BCUT2D eigenvalue weighted by atomic mass is 15.1. The van der Waals surface area contributed by atoms with Gasteiger partial charge in [0, 0.05) is 12.7 Å². The van der Waals surface area contributed by atoms with Crippen LogP contribution in [-0.2, 0) is 0 Å². The van der Waals surface area contributed by atoms with Crippen molar-refractivity contribution in [1.29, 1.82) is 0 Å². The second kappa shape index (κ2) is 5.76. The zero-order valence-electron chi connectivity index (χ0n) is 9.08. The Morgan fingerprint density at radius 2 is 2.43 bits per heavy atom. The largest absolute Gasteiger partial charge is 0.303 e. The maximum Gasteiger partial charge on any atom is 0.0263 e. The van der Waals surface area contributed by atoms with Crippen LogP contribution in [0.2, 0.25) is 0 Å². The molecular weight excluding hydrogens is 172 g/mol. The minimum absolute atomic E-state index is 0.613. The molecule has 1 atom stereocenters. The minimum atomic E-state index is 0.613. The fourth-order valence-electron chi connectivity index (χ4n) is 1.93. The number of allylic oxidation sites excluding steroid dienone is 1. The van der Waals surface area contributed by atoms with Crippen LogP contribution in [0.25, 0.3) is 0 Å². The second-order valence-electron chi connectivity index (χ2n) is 3.81. The van der Waals surface area contributed by atoms with E-state index in [4.69, 9.17) is 0 Å². The van der Waals surface area contributed by atoms with Gasteiger partial charge < -0.3 is 4.90 Å². The number of nitrogens with zero attached hydrogens (tertiary/aromatic N) is 2. The van der Waals surface area contributed by atoms with Gasteiger partial charge in [-0.1, -0.05) is 13.5 Å². The molecule has 0 spiro atoms. The average Bonchev–Trinajstić information content (AvgIpc) is 2.26. The van der Waals surface area contributed by atoms with E-state index in [-0.39, 0.29) is 0 Å². The molecule has 2 nitrogen and oxygen atoms in total. The lowest BCUT2D eigenvalue weighted by atomic mass is 9.91. The van der Waals surface area contributed by atoms with Crippen molar-refractivity contribution in [3.8, 4) is 0 Å². The molecule has 1 aliphatic heterocycles. The van der Waals surface area contributed by atoms with E-state index in [9.17, 15) is 0 Å². The molecule has 0 amide bonds. The number of likely N-dealkylation sites (tertiary alicyclic amines) is 1. The lowest BCUT2D eigenvalue weighted by Crippen LogP contribution is -2.35. The van der Waals surface area contributed by atoms with Crippen LogP contribution in [0.3, 0.4) is 0 Å². The molecule has 1 fully saturated rings. The number of hydrogen-bond acceptors (Lipinski definition) is 2.